The third-order valence-electron chi connectivity index (χ3n) is 9.99. The molecule has 1 atom stereocenters. The average Bonchev–Trinajstić information content (AvgIpc) is 3.69. The fraction of sp³-hybridized carbons (Fsp3) is 0.455. The van der Waals surface area contributed by atoms with E-state index in [1.54, 1.807) is 18.2 Å². The number of aliphatic hydroxyl groups is 1. The van der Waals surface area contributed by atoms with Crippen LogP contribution in [0.2, 0.25) is 0 Å². The molecule has 2 aliphatic heterocycles. The molecule has 0 bridgehead atoms. The first kappa shape index (κ1) is 27.2. The van der Waals surface area contributed by atoms with Crippen molar-refractivity contribution in [2.45, 2.75) is 81.4 Å². The summed E-state index contributed by atoms with van der Waals surface area (Å²) in [6.07, 6.45) is 9.90. The highest BCUT2D eigenvalue weighted by atomic mass is 16.3. The van der Waals surface area contributed by atoms with E-state index in [0.29, 0.717) is 23.8 Å². The zero-order valence-electron chi connectivity index (χ0n) is 24.2. The molecular formula is C33H34N6O5. The molecule has 0 radical (unpaired) electrons. The van der Waals surface area contributed by atoms with Gasteiger partial charge < -0.3 is 10.4 Å². The average molecular weight is 595 g/mol. The van der Waals surface area contributed by atoms with Crippen LogP contribution in [-0.2, 0) is 9.59 Å². The van der Waals surface area contributed by atoms with Crippen LogP contribution >= 0.6 is 0 Å². The molecule has 3 N–H and O–H groups in total. The van der Waals surface area contributed by atoms with Crippen molar-refractivity contribution < 1.29 is 24.3 Å². The molecule has 8 rings (SSSR count). The number of amides is 4. The summed E-state index contributed by atoms with van der Waals surface area (Å²) >= 11 is 0. The summed E-state index contributed by atoms with van der Waals surface area (Å²) in [6.45, 7) is 0.728. The van der Waals surface area contributed by atoms with Crippen LogP contribution in [0.5, 0.6) is 0 Å². The van der Waals surface area contributed by atoms with E-state index in [2.05, 4.69) is 27.6 Å². The molecule has 4 fully saturated rings. The maximum absolute atomic E-state index is 13.2. The van der Waals surface area contributed by atoms with Gasteiger partial charge in [0.15, 0.2) is 0 Å². The molecule has 4 amide bonds. The Bertz CT molecular complexity index is 1700. The number of aromatic nitrogens is 3. The smallest absolute Gasteiger partial charge is 0.262 e. The van der Waals surface area contributed by atoms with E-state index in [0.717, 1.165) is 72.6 Å². The Hall–Kier alpha value is -4.38. The first-order valence-corrected chi connectivity index (χ1v) is 15.7. The van der Waals surface area contributed by atoms with Gasteiger partial charge in [-0.3, -0.25) is 39.1 Å². The SMILES string of the molecule is O=C1CCC(N2C(=O)c3ccc(NCC4CC(n5cc(-c6ncccc6C6CC(O)C6)c(C6CC6)n5)C4)cc3C2=O)C(=O)N1. The van der Waals surface area contributed by atoms with Gasteiger partial charge in [-0.1, -0.05) is 6.07 Å². The van der Waals surface area contributed by atoms with E-state index in [9.17, 15) is 24.3 Å². The van der Waals surface area contributed by atoms with E-state index >= 15 is 0 Å². The number of anilines is 1. The van der Waals surface area contributed by atoms with Crippen LogP contribution in [0.4, 0.5) is 5.69 Å². The molecule has 3 saturated carbocycles. The number of carbonyl (C=O) groups excluding carboxylic acids is 4. The summed E-state index contributed by atoms with van der Waals surface area (Å²) in [5, 5.41) is 20.6. The summed E-state index contributed by atoms with van der Waals surface area (Å²) in [5.41, 5.74) is 5.81. The molecule has 3 aliphatic carbocycles. The highest BCUT2D eigenvalue weighted by molar-refractivity contribution is 6.23. The molecule has 1 aromatic carbocycles. The summed E-state index contributed by atoms with van der Waals surface area (Å²) < 4.78 is 2.14. The minimum atomic E-state index is -0.970. The molecule has 5 aliphatic rings. The lowest BCUT2D eigenvalue weighted by Crippen LogP contribution is -2.54. The maximum atomic E-state index is 13.2. The number of pyridine rings is 1. The van der Waals surface area contributed by atoms with Gasteiger partial charge in [-0.15, -0.1) is 0 Å². The van der Waals surface area contributed by atoms with Crippen molar-refractivity contribution in [3.05, 3.63) is 65.1 Å². The minimum absolute atomic E-state index is 0.0936. The predicted octanol–water partition coefficient (Wildman–Crippen LogP) is 3.53. The first-order chi connectivity index (χ1) is 21.3. The molecule has 1 saturated heterocycles. The normalized spacial score (nSPS) is 27.9. The largest absolute Gasteiger partial charge is 0.393 e. The van der Waals surface area contributed by atoms with Gasteiger partial charge in [0, 0.05) is 42.5 Å². The van der Waals surface area contributed by atoms with Gasteiger partial charge in [0.2, 0.25) is 11.8 Å². The van der Waals surface area contributed by atoms with Gasteiger partial charge in [-0.05, 0) is 86.6 Å². The van der Waals surface area contributed by atoms with Gasteiger partial charge in [0.1, 0.15) is 6.04 Å². The Balaban J connectivity index is 0.921. The highest BCUT2D eigenvalue weighted by Gasteiger charge is 2.45. The molecule has 4 heterocycles. The first-order valence-electron chi connectivity index (χ1n) is 15.7. The monoisotopic (exact) mass is 594 g/mol. The second kappa shape index (κ2) is 10.4. The van der Waals surface area contributed by atoms with E-state index in [1.165, 1.54) is 5.56 Å². The lowest BCUT2D eigenvalue weighted by molar-refractivity contribution is -0.136. The number of hydrogen-bond donors (Lipinski definition) is 3. The summed E-state index contributed by atoms with van der Waals surface area (Å²) in [6, 6.07) is 8.58. The van der Waals surface area contributed by atoms with Crippen LogP contribution in [0.15, 0.2) is 42.7 Å². The van der Waals surface area contributed by atoms with Crippen LogP contribution in [0.3, 0.4) is 0 Å². The molecule has 44 heavy (non-hydrogen) atoms. The number of piperidine rings is 1. The second-order valence-corrected chi connectivity index (χ2v) is 13.0. The Labute approximate surface area is 254 Å². The van der Waals surface area contributed by atoms with Gasteiger partial charge >= 0.3 is 0 Å². The van der Waals surface area contributed by atoms with Crippen molar-refractivity contribution in [1.29, 1.82) is 0 Å². The fourth-order valence-corrected chi connectivity index (χ4v) is 7.17. The number of nitrogens with zero attached hydrogens (tertiary/aromatic N) is 4. The number of aliphatic hydroxyl groups excluding tert-OH is 1. The number of fused-ring (bicyclic) bond motifs is 1. The van der Waals surface area contributed by atoms with Crippen LogP contribution in [0.25, 0.3) is 11.3 Å². The lowest BCUT2D eigenvalue weighted by atomic mass is 9.76. The molecule has 11 heteroatoms. The highest BCUT2D eigenvalue weighted by Crippen LogP contribution is 2.48. The number of carbonyl (C=O) groups is 4. The van der Waals surface area contributed by atoms with E-state index in [4.69, 9.17) is 10.1 Å². The number of rotatable bonds is 8. The van der Waals surface area contributed by atoms with Gasteiger partial charge in [0.05, 0.1) is 34.7 Å². The summed E-state index contributed by atoms with van der Waals surface area (Å²) in [4.78, 5) is 55.8. The van der Waals surface area contributed by atoms with Crippen molar-refractivity contribution in [3.63, 3.8) is 0 Å². The van der Waals surface area contributed by atoms with Gasteiger partial charge in [-0.25, -0.2) is 0 Å². The van der Waals surface area contributed by atoms with Crippen molar-refractivity contribution in [2.24, 2.45) is 5.92 Å². The molecule has 1 unspecified atom stereocenters. The van der Waals surface area contributed by atoms with Crippen LogP contribution in [-0.4, -0.2) is 67.1 Å². The van der Waals surface area contributed by atoms with E-state index in [-0.39, 0.29) is 30.1 Å². The second-order valence-electron chi connectivity index (χ2n) is 13.0. The topological polar surface area (TPSA) is 147 Å². The molecule has 11 nitrogen and oxygen atoms in total. The fourth-order valence-electron chi connectivity index (χ4n) is 7.17. The number of benzene rings is 1. The third kappa shape index (κ3) is 4.61. The van der Waals surface area contributed by atoms with Crippen molar-refractivity contribution in [3.8, 4) is 11.3 Å². The van der Waals surface area contributed by atoms with Gasteiger partial charge in [0.25, 0.3) is 11.8 Å². The Morgan fingerprint density at radius 3 is 2.48 bits per heavy atom. The van der Waals surface area contributed by atoms with Crippen molar-refractivity contribution in [1.82, 2.24) is 25.0 Å². The standard InChI is InChI=1S/C33H34N6O5/c40-22-12-19(13-22)23-2-1-9-34-30(23)26-16-38(37-29(26)18-3-4-18)21-10-17(11-21)15-35-20-5-6-24-25(14-20)33(44)39(32(24)43)27-7-8-28(41)36-31(27)42/h1-2,5-6,9,14,16-19,21-22,27,35,40H,3-4,7-8,10-13,15H2,(H,36,41,42). The van der Waals surface area contributed by atoms with Gasteiger partial charge in [-0.2, -0.15) is 5.10 Å². The molecule has 226 valence electrons. The minimum Gasteiger partial charge on any atom is -0.393 e. The Morgan fingerprint density at radius 2 is 1.73 bits per heavy atom. The number of imide groups is 2. The molecular weight excluding hydrogens is 560 g/mol. The summed E-state index contributed by atoms with van der Waals surface area (Å²) in [7, 11) is 0. The molecule has 2 aromatic heterocycles. The zero-order chi connectivity index (χ0) is 30.1. The summed E-state index contributed by atoms with van der Waals surface area (Å²) in [5.74, 6) is -0.734. The number of hydrogen-bond acceptors (Lipinski definition) is 8. The van der Waals surface area contributed by atoms with Crippen LogP contribution in [0.1, 0.15) is 101 Å². The molecule has 3 aromatic rings. The van der Waals surface area contributed by atoms with Crippen molar-refractivity contribution in [2.75, 3.05) is 11.9 Å². The van der Waals surface area contributed by atoms with Crippen LogP contribution in [0, 0.1) is 5.92 Å². The Morgan fingerprint density at radius 1 is 0.932 bits per heavy atom. The Kier molecular flexibility index (Phi) is 6.40. The van der Waals surface area contributed by atoms with E-state index < -0.39 is 29.7 Å². The predicted molar refractivity (Wildman–Crippen MR) is 159 cm³/mol. The maximum Gasteiger partial charge on any atom is 0.262 e. The quantitative estimate of drug-likeness (QED) is 0.336. The van der Waals surface area contributed by atoms with Crippen molar-refractivity contribution >= 4 is 29.3 Å². The van der Waals surface area contributed by atoms with E-state index in [1.807, 2.05) is 12.3 Å². The zero-order valence-corrected chi connectivity index (χ0v) is 24.2. The third-order valence-corrected chi connectivity index (χ3v) is 9.99. The lowest BCUT2D eigenvalue weighted by Gasteiger charge is -2.35. The molecule has 0 spiro atoms. The van der Waals surface area contributed by atoms with Crippen LogP contribution < -0.4 is 10.6 Å². The number of nitrogens with one attached hydrogen (secondary N) is 2.